The molecule has 0 aliphatic heterocycles. The summed E-state index contributed by atoms with van der Waals surface area (Å²) in [7, 11) is 0. The Labute approximate surface area is 186 Å². The first-order valence-corrected chi connectivity index (χ1v) is 9.81. The smallest absolute Gasteiger partial charge is 0.226 e. The number of halogens is 1. The van der Waals surface area contributed by atoms with Gasteiger partial charge in [-0.3, -0.25) is 4.90 Å². The first-order chi connectivity index (χ1) is 13.0. The molecule has 1 heterocycles. The van der Waals surface area contributed by atoms with Crippen molar-refractivity contribution in [2.45, 2.75) is 47.2 Å². The van der Waals surface area contributed by atoms with Crippen LogP contribution in [0.5, 0.6) is 0 Å². The van der Waals surface area contributed by atoms with Crippen LogP contribution in [-0.4, -0.2) is 48.1 Å². The number of guanidine groups is 1. The molecule has 0 bridgehead atoms. The zero-order valence-electron chi connectivity index (χ0n) is 17.7. The number of hydrogen-bond donors (Lipinski definition) is 2. The minimum Gasteiger partial charge on any atom is -0.444 e. The first-order valence-electron chi connectivity index (χ1n) is 9.81. The standard InChI is InChI=1S/C21H33N5O.HI/c1-6-22-21(23-12-13-26(7-2)16(3)4)24-14-19-15-27-20(25-19)18-10-8-17(5)9-11-18;/h8-11,15-16H,6-7,12-14H2,1-5H3,(H2,22,23,24);1H. The molecule has 28 heavy (non-hydrogen) atoms. The average Bonchev–Trinajstić information content (AvgIpc) is 3.12. The van der Waals surface area contributed by atoms with Crippen molar-refractivity contribution in [3.05, 3.63) is 41.8 Å². The van der Waals surface area contributed by atoms with Gasteiger partial charge in [0.25, 0.3) is 0 Å². The predicted octanol–water partition coefficient (Wildman–Crippen LogP) is 4.05. The maximum absolute atomic E-state index is 5.61. The van der Waals surface area contributed by atoms with Crippen LogP contribution in [0, 0.1) is 6.92 Å². The van der Waals surface area contributed by atoms with E-state index in [9.17, 15) is 0 Å². The number of aromatic nitrogens is 1. The molecular formula is C21H34IN5O. The second kappa shape index (κ2) is 12.8. The average molecular weight is 499 g/mol. The normalized spacial score (nSPS) is 11.6. The van der Waals surface area contributed by atoms with Crippen LogP contribution in [0.3, 0.4) is 0 Å². The van der Waals surface area contributed by atoms with Crippen molar-refractivity contribution >= 4 is 29.9 Å². The van der Waals surface area contributed by atoms with Crippen LogP contribution >= 0.6 is 24.0 Å². The van der Waals surface area contributed by atoms with Crippen molar-refractivity contribution in [2.24, 2.45) is 4.99 Å². The molecule has 2 aromatic rings. The van der Waals surface area contributed by atoms with E-state index in [2.05, 4.69) is 72.3 Å². The molecular weight excluding hydrogens is 465 g/mol. The molecule has 7 heteroatoms. The molecule has 0 saturated carbocycles. The number of likely N-dealkylation sites (N-methyl/N-ethyl adjacent to an activating group) is 1. The summed E-state index contributed by atoms with van der Waals surface area (Å²) in [4.78, 5) is 11.6. The molecule has 1 aromatic carbocycles. The molecule has 1 aromatic heterocycles. The molecule has 0 atom stereocenters. The maximum atomic E-state index is 5.61. The van der Waals surface area contributed by atoms with E-state index in [-0.39, 0.29) is 24.0 Å². The molecule has 2 rings (SSSR count). The van der Waals surface area contributed by atoms with Crippen molar-refractivity contribution in [3.63, 3.8) is 0 Å². The van der Waals surface area contributed by atoms with Gasteiger partial charge in [0.05, 0.1) is 6.54 Å². The van der Waals surface area contributed by atoms with Gasteiger partial charge in [-0.25, -0.2) is 9.98 Å². The number of aliphatic imine (C=N–C) groups is 1. The number of nitrogens with zero attached hydrogens (tertiary/aromatic N) is 3. The summed E-state index contributed by atoms with van der Waals surface area (Å²) in [5, 5.41) is 6.67. The number of oxazole rings is 1. The van der Waals surface area contributed by atoms with Gasteiger partial charge in [0.15, 0.2) is 5.96 Å². The second-order valence-corrected chi connectivity index (χ2v) is 6.85. The molecule has 0 radical (unpaired) electrons. The van der Waals surface area contributed by atoms with Crippen molar-refractivity contribution in [1.82, 2.24) is 20.5 Å². The highest BCUT2D eigenvalue weighted by Crippen LogP contribution is 2.19. The Bertz CT molecular complexity index is 712. The molecule has 6 nitrogen and oxygen atoms in total. The summed E-state index contributed by atoms with van der Waals surface area (Å²) >= 11 is 0. The van der Waals surface area contributed by atoms with E-state index in [1.165, 1.54) is 5.56 Å². The Balaban J connectivity index is 0.00000392. The van der Waals surface area contributed by atoms with E-state index >= 15 is 0 Å². The largest absolute Gasteiger partial charge is 0.444 e. The van der Waals surface area contributed by atoms with Crippen molar-refractivity contribution < 1.29 is 4.42 Å². The lowest BCUT2D eigenvalue weighted by atomic mass is 10.1. The first kappa shape index (κ1) is 24.4. The number of hydrogen-bond acceptors (Lipinski definition) is 4. The molecule has 2 N–H and O–H groups in total. The van der Waals surface area contributed by atoms with Crippen molar-refractivity contribution in [1.29, 1.82) is 0 Å². The van der Waals surface area contributed by atoms with Gasteiger partial charge in [-0.15, -0.1) is 24.0 Å². The second-order valence-electron chi connectivity index (χ2n) is 6.85. The van der Waals surface area contributed by atoms with E-state index in [1.807, 2.05) is 12.1 Å². The monoisotopic (exact) mass is 499 g/mol. The lowest BCUT2D eigenvalue weighted by molar-refractivity contribution is 0.237. The van der Waals surface area contributed by atoms with Gasteiger partial charge in [-0.05, 0) is 46.4 Å². The molecule has 0 unspecified atom stereocenters. The molecule has 0 spiro atoms. The van der Waals surface area contributed by atoms with E-state index in [4.69, 9.17) is 4.42 Å². The number of nitrogens with one attached hydrogen (secondary N) is 2. The van der Waals surface area contributed by atoms with Crippen LogP contribution in [-0.2, 0) is 6.54 Å². The minimum absolute atomic E-state index is 0. The van der Waals surface area contributed by atoms with Crippen LogP contribution < -0.4 is 10.6 Å². The van der Waals surface area contributed by atoms with Crippen LogP contribution in [0.2, 0.25) is 0 Å². The van der Waals surface area contributed by atoms with E-state index in [0.717, 1.165) is 43.4 Å². The summed E-state index contributed by atoms with van der Waals surface area (Å²) < 4.78 is 5.61. The van der Waals surface area contributed by atoms with Crippen molar-refractivity contribution in [3.8, 4) is 11.5 Å². The summed E-state index contributed by atoms with van der Waals surface area (Å²) in [5.41, 5.74) is 3.02. The lowest BCUT2D eigenvalue weighted by Gasteiger charge is -2.25. The zero-order chi connectivity index (χ0) is 19.6. The molecule has 156 valence electrons. The predicted molar refractivity (Wildman–Crippen MR) is 127 cm³/mol. The molecule has 0 saturated heterocycles. The Morgan fingerprint density at radius 1 is 1.18 bits per heavy atom. The van der Waals surface area contributed by atoms with Gasteiger partial charge in [-0.2, -0.15) is 0 Å². The van der Waals surface area contributed by atoms with Gasteiger partial charge in [0.1, 0.15) is 12.0 Å². The van der Waals surface area contributed by atoms with E-state index < -0.39 is 0 Å². The van der Waals surface area contributed by atoms with Gasteiger partial charge in [0, 0.05) is 31.2 Å². The van der Waals surface area contributed by atoms with Crippen LogP contribution in [0.15, 0.2) is 39.9 Å². The van der Waals surface area contributed by atoms with Crippen LogP contribution in [0.4, 0.5) is 0 Å². The third-order valence-electron chi connectivity index (χ3n) is 4.42. The molecule has 0 aliphatic carbocycles. The third-order valence-corrected chi connectivity index (χ3v) is 4.42. The zero-order valence-corrected chi connectivity index (χ0v) is 20.0. The van der Waals surface area contributed by atoms with Gasteiger partial charge in [-0.1, -0.05) is 24.6 Å². The lowest BCUT2D eigenvalue weighted by Crippen LogP contribution is -2.43. The highest BCUT2D eigenvalue weighted by molar-refractivity contribution is 14.0. The fourth-order valence-electron chi connectivity index (χ4n) is 2.81. The Kier molecular flexibility index (Phi) is 11.1. The van der Waals surface area contributed by atoms with Gasteiger partial charge in [0.2, 0.25) is 5.89 Å². The maximum Gasteiger partial charge on any atom is 0.226 e. The van der Waals surface area contributed by atoms with E-state index in [0.29, 0.717) is 18.5 Å². The number of aryl methyl sites for hydroxylation is 1. The summed E-state index contributed by atoms with van der Waals surface area (Å²) in [6, 6.07) is 8.71. The number of rotatable bonds is 9. The summed E-state index contributed by atoms with van der Waals surface area (Å²) in [6.07, 6.45) is 1.68. The number of benzene rings is 1. The Hall–Kier alpha value is -1.61. The highest BCUT2D eigenvalue weighted by Gasteiger charge is 2.08. The fourth-order valence-corrected chi connectivity index (χ4v) is 2.81. The van der Waals surface area contributed by atoms with Gasteiger partial charge >= 0.3 is 0 Å². The van der Waals surface area contributed by atoms with Gasteiger partial charge < -0.3 is 15.1 Å². The highest BCUT2D eigenvalue weighted by atomic mass is 127. The third kappa shape index (κ3) is 7.79. The Morgan fingerprint density at radius 3 is 2.50 bits per heavy atom. The minimum atomic E-state index is 0. The topological polar surface area (TPSA) is 65.7 Å². The SMILES string of the molecule is CCNC(=NCc1coc(-c2ccc(C)cc2)n1)NCCN(CC)C(C)C.I. The molecule has 0 fully saturated rings. The van der Waals surface area contributed by atoms with Crippen molar-refractivity contribution in [2.75, 3.05) is 26.2 Å². The summed E-state index contributed by atoms with van der Waals surface area (Å²) in [5.74, 6) is 1.44. The van der Waals surface area contributed by atoms with Crippen LogP contribution in [0.25, 0.3) is 11.5 Å². The van der Waals surface area contributed by atoms with E-state index in [1.54, 1.807) is 6.26 Å². The Morgan fingerprint density at radius 2 is 1.89 bits per heavy atom. The van der Waals surface area contributed by atoms with Crippen LogP contribution in [0.1, 0.15) is 39.0 Å². The summed E-state index contributed by atoms with van der Waals surface area (Å²) in [6.45, 7) is 14.9. The fraction of sp³-hybridized carbons (Fsp3) is 0.524. The quantitative estimate of drug-likeness (QED) is 0.310. The molecule has 0 amide bonds. The molecule has 0 aliphatic rings.